The molecule has 2 atom stereocenters. The summed E-state index contributed by atoms with van der Waals surface area (Å²) >= 11 is 0. The minimum atomic E-state index is -0.0183. The summed E-state index contributed by atoms with van der Waals surface area (Å²) in [5.41, 5.74) is 8.91. The molecule has 0 amide bonds. The van der Waals surface area contributed by atoms with Gasteiger partial charge < -0.3 is 5.73 Å². The summed E-state index contributed by atoms with van der Waals surface area (Å²) in [7, 11) is 0. The first kappa shape index (κ1) is 9.72. The normalized spacial score (nSPS) is 30.8. The molecule has 0 heterocycles. The van der Waals surface area contributed by atoms with Crippen molar-refractivity contribution in [2.75, 3.05) is 0 Å². The summed E-state index contributed by atoms with van der Waals surface area (Å²) in [6.07, 6.45) is 1.13. The maximum absolute atomic E-state index is 6.24. The molecule has 14 heavy (non-hydrogen) atoms. The van der Waals surface area contributed by atoms with Crippen LogP contribution in [-0.4, -0.2) is 0 Å². The number of rotatable bonds is 2. The summed E-state index contributed by atoms with van der Waals surface area (Å²) in [4.78, 5) is 0. The molecule has 1 aliphatic carbocycles. The van der Waals surface area contributed by atoms with Crippen LogP contribution in [0.25, 0.3) is 0 Å². The minimum Gasteiger partial charge on any atom is -0.321 e. The summed E-state index contributed by atoms with van der Waals surface area (Å²) in [5, 5.41) is 0. The first-order chi connectivity index (χ1) is 6.54. The Morgan fingerprint density at radius 2 is 1.79 bits per heavy atom. The highest BCUT2D eigenvalue weighted by Crippen LogP contribution is 2.49. The molecule has 0 radical (unpaired) electrons. The fraction of sp³-hybridized carbons (Fsp3) is 0.538. The monoisotopic (exact) mass is 189 g/mol. The largest absolute Gasteiger partial charge is 0.321 e. The Morgan fingerprint density at radius 1 is 1.29 bits per heavy atom. The van der Waals surface area contributed by atoms with E-state index < -0.39 is 0 Å². The third kappa shape index (κ3) is 1.46. The molecule has 1 aromatic rings. The van der Waals surface area contributed by atoms with E-state index in [0.717, 1.165) is 6.42 Å². The van der Waals surface area contributed by atoms with Crippen LogP contribution in [0, 0.1) is 5.92 Å². The van der Waals surface area contributed by atoms with E-state index in [1.54, 1.807) is 0 Å². The molecule has 1 heteroatoms. The van der Waals surface area contributed by atoms with Gasteiger partial charge in [0.1, 0.15) is 0 Å². The number of hydrogen-bond donors (Lipinski definition) is 1. The molecule has 2 N–H and O–H groups in total. The van der Waals surface area contributed by atoms with Gasteiger partial charge in [-0.2, -0.15) is 0 Å². The highest BCUT2D eigenvalue weighted by Gasteiger charge is 2.48. The van der Waals surface area contributed by atoms with Crippen LogP contribution in [0.2, 0.25) is 0 Å². The van der Waals surface area contributed by atoms with Crippen molar-refractivity contribution in [3.8, 4) is 0 Å². The standard InChI is InChI=1S/C13H19N/c1-9(2)11-4-6-12(7-5-11)13(14)8-10(13)3/h4-7,9-10H,8,14H2,1-3H3. The van der Waals surface area contributed by atoms with Gasteiger partial charge in [-0.3, -0.25) is 0 Å². The molecule has 1 aliphatic rings. The zero-order valence-corrected chi connectivity index (χ0v) is 9.25. The third-order valence-electron chi connectivity index (χ3n) is 3.48. The van der Waals surface area contributed by atoms with E-state index in [2.05, 4.69) is 45.0 Å². The van der Waals surface area contributed by atoms with Crippen LogP contribution in [0.5, 0.6) is 0 Å². The highest BCUT2D eigenvalue weighted by atomic mass is 14.8. The van der Waals surface area contributed by atoms with Gasteiger partial charge in [-0.15, -0.1) is 0 Å². The Morgan fingerprint density at radius 3 is 2.14 bits per heavy atom. The Bertz CT molecular complexity index is 326. The van der Waals surface area contributed by atoms with Gasteiger partial charge in [0.2, 0.25) is 0 Å². The Hall–Kier alpha value is -0.820. The van der Waals surface area contributed by atoms with Gasteiger partial charge in [-0.25, -0.2) is 0 Å². The van der Waals surface area contributed by atoms with Crippen LogP contribution in [0.4, 0.5) is 0 Å². The summed E-state index contributed by atoms with van der Waals surface area (Å²) in [6, 6.07) is 8.80. The molecule has 76 valence electrons. The fourth-order valence-electron chi connectivity index (χ4n) is 2.03. The molecule has 0 saturated heterocycles. The van der Waals surface area contributed by atoms with Gasteiger partial charge in [0.15, 0.2) is 0 Å². The first-order valence-electron chi connectivity index (χ1n) is 5.43. The molecule has 0 bridgehead atoms. The lowest BCUT2D eigenvalue weighted by Gasteiger charge is -2.12. The zero-order chi connectivity index (χ0) is 10.3. The van der Waals surface area contributed by atoms with Crippen LogP contribution in [0.15, 0.2) is 24.3 Å². The maximum atomic E-state index is 6.24. The lowest BCUT2D eigenvalue weighted by molar-refractivity contribution is 0.664. The van der Waals surface area contributed by atoms with Gasteiger partial charge in [0, 0.05) is 5.54 Å². The third-order valence-corrected chi connectivity index (χ3v) is 3.48. The number of hydrogen-bond acceptors (Lipinski definition) is 1. The molecular formula is C13H19N. The zero-order valence-electron chi connectivity index (χ0n) is 9.25. The van der Waals surface area contributed by atoms with Gasteiger partial charge >= 0.3 is 0 Å². The molecule has 1 aromatic carbocycles. The second-order valence-electron chi connectivity index (χ2n) is 4.92. The maximum Gasteiger partial charge on any atom is 0.0439 e. The van der Waals surface area contributed by atoms with Crippen LogP contribution in [0.3, 0.4) is 0 Å². The van der Waals surface area contributed by atoms with E-state index in [4.69, 9.17) is 5.73 Å². The highest BCUT2D eigenvalue weighted by molar-refractivity contribution is 5.34. The van der Waals surface area contributed by atoms with Crippen molar-refractivity contribution in [3.05, 3.63) is 35.4 Å². The van der Waals surface area contributed by atoms with Gasteiger partial charge in [-0.05, 0) is 29.4 Å². The van der Waals surface area contributed by atoms with Crippen molar-refractivity contribution in [2.24, 2.45) is 11.7 Å². The smallest absolute Gasteiger partial charge is 0.0439 e. The van der Waals surface area contributed by atoms with Crippen molar-refractivity contribution < 1.29 is 0 Å². The average Bonchev–Trinajstić information content (AvgIpc) is 2.76. The van der Waals surface area contributed by atoms with Crippen molar-refractivity contribution >= 4 is 0 Å². The molecule has 0 spiro atoms. The van der Waals surface area contributed by atoms with Crippen LogP contribution in [-0.2, 0) is 5.54 Å². The fourth-order valence-corrected chi connectivity index (χ4v) is 2.03. The van der Waals surface area contributed by atoms with Gasteiger partial charge in [0.05, 0.1) is 0 Å². The Balaban J connectivity index is 2.23. The summed E-state index contributed by atoms with van der Waals surface area (Å²) in [6.45, 7) is 6.65. The van der Waals surface area contributed by atoms with Crippen LogP contribution >= 0.6 is 0 Å². The van der Waals surface area contributed by atoms with E-state index in [9.17, 15) is 0 Å². The number of benzene rings is 1. The van der Waals surface area contributed by atoms with Gasteiger partial charge in [0.25, 0.3) is 0 Å². The van der Waals surface area contributed by atoms with Crippen molar-refractivity contribution in [3.63, 3.8) is 0 Å². The molecular weight excluding hydrogens is 170 g/mol. The predicted octanol–water partition coefficient (Wildman–Crippen LogP) is 3.00. The molecule has 1 saturated carbocycles. The van der Waals surface area contributed by atoms with E-state index in [1.165, 1.54) is 11.1 Å². The van der Waals surface area contributed by atoms with E-state index in [1.807, 2.05) is 0 Å². The topological polar surface area (TPSA) is 26.0 Å². The summed E-state index contributed by atoms with van der Waals surface area (Å²) in [5.74, 6) is 1.25. The first-order valence-corrected chi connectivity index (χ1v) is 5.43. The van der Waals surface area contributed by atoms with E-state index in [-0.39, 0.29) is 5.54 Å². The second kappa shape index (κ2) is 3.09. The summed E-state index contributed by atoms with van der Waals surface area (Å²) < 4.78 is 0. The Kier molecular flexibility index (Phi) is 2.15. The van der Waals surface area contributed by atoms with E-state index in [0.29, 0.717) is 11.8 Å². The molecule has 2 unspecified atom stereocenters. The molecule has 1 fully saturated rings. The molecule has 0 aliphatic heterocycles. The average molecular weight is 189 g/mol. The van der Waals surface area contributed by atoms with Crippen LogP contribution < -0.4 is 5.73 Å². The van der Waals surface area contributed by atoms with Crippen molar-refractivity contribution in [1.29, 1.82) is 0 Å². The van der Waals surface area contributed by atoms with Crippen molar-refractivity contribution in [1.82, 2.24) is 0 Å². The molecule has 0 aromatic heterocycles. The number of nitrogens with two attached hydrogens (primary N) is 1. The van der Waals surface area contributed by atoms with Crippen LogP contribution in [0.1, 0.15) is 44.2 Å². The SMILES string of the molecule is CC(C)c1ccc(C2(N)CC2C)cc1. The lowest BCUT2D eigenvalue weighted by atomic mass is 9.97. The van der Waals surface area contributed by atoms with Gasteiger partial charge in [-0.1, -0.05) is 45.0 Å². The van der Waals surface area contributed by atoms with Crippen molar-refractivity contribution in [2.45, 2.75) is 38.6 Å². The lowest BCUT2D eigenvalue weighted by Crippen LogP contribution is -2.21. The second-order valence-corrected chi connectivity index (χ2v) is 4.92. The molecule has 2 rings (SSSR count). The molecule has 1 nitrogen and oxygen atoms in total. The Labute approximate surface area is 86.3 Å². The van der Waals surface area contributed by atoms with E-state index >= 15 is 0 Å². The predicted molar refractivity (Wildman–Crippen MR) is 60.2 cm³/mol. The quantitative estimate of drug-likeness (QED) is 0.760. The minimum absolute atomic E-state index is 0.0183.